The van der Waals surface area contributed by atoms with E-state index < -0.39 is 0 Å². The van der Waals surface area contributed by atoms with E-state index in [-0.39, 0.29) is 11.7 Å². The average molecular weight is 573 g/mol. The number of carbonyl (C=O) groups excluding carboxylic acids is 1. The molecular formula is C21H19Cl2IN4OS. The van der Waals surface area contributed by atoms with Crippen LogP contribution in [0.2, 0.25) is 10.0 Å². The first-order chi connectivity index (χ1) is 14.3. The molecule has 0 atom stereocenters. The van der Waals surface area contributed by atoms with E-state index in [1.165, 1.54) is 11.8 Å². The van der Waals surface area contributed by atoms with Crippen LogP contribution in [-0.2, 0) is 11.3 Å². The highest BCUT2D eigenvalue weighted by Crippen LogP contribution is 2.31. The highest BCUT2D eigenvalue weighted by Gasteiger charge is 2.18. The monoisotopic (exact) mass is 572 g/mol. The molecule has 0 spiro atoms. The molecule has 5 nitrogen and oxygen atoms in total. The number of hydrogen-bond donors (Lipinski definition) is 1. The normalized spacial score (nSPS) is 10.8. The maximum absolute atomic E-state index is 12.6. The number of nitrogens with zero attached hydrogens (tertiary/aromatic N) is 3. The van der Waals surface area contributed by atoms with Crippen molar-refractivity contribution in [2.45, 2.75) is 25.5 Å². The number of amides is 1. The zero-order valence-electron chi connectivity index (χ0n) is 16.4. The molecule has 3 aromatic rings. The van der Waals surface area contributed by atoms with Gasteiger partial charge in [-0.1, -0.05) is 41.0 Å². The molecular weight excluding hydrogens is 554 g/mol. The van der Waals surface area contributed by atoms with Gasteiger partial charge in [0.05, 0.1) is 10.8 Å². The first-order valence-corrected chi connectivity index (χ1v) is 11.8. The van der Waals surface area contributed by atoms with Crippen LogP contribution < -0.4 is 5.32 Å². The van der Waals surface area contributed by atoms with Gasteiger partial charge in [0.1, 0.15) is 0 Å². The smallest absolute Gasteiger partial charge is 0.234 e. The molecule has 156 valence electrons. The Kier molecular flexibility index (Phi) is 7.84. The molecule has 0 aliphatic heterocycles. The molecule has 2 aromatic carbocycles. The van der Waals surface area contributed by atoms with E-state index in [0.717, 1.165) is 25.9 Å². The Balaban J connectivity index is 1.78. The molecule has 1 aromatic heterocycles. The van der Waals surface area contributed by atoms with E-state index in [1.807, 2.05) is 30.5 Å². The predicted molar refractivity (Wildman–Crippen MR) is 134 cm³/mol. The summed E-state index contributed by atoms with van der Waals surface area (Å²) >= 11 is 15.9. The van der Waals surface area contributed by atoms with Crippen LogP contribution in [0.15, 0.2) is 48.1 Å². The second-order valence-corrected chi connectivity index (χ2v) is 9.61. The van der Waals surface area contributed by atoms with Crippen molar-refractivity contribution in [1.82, 2.24) is 14.8 Å². The van der Waals surface area contributed by atoms with Gasteiger partial charge >= 0.3 is 0 Å². The molecule has 0 aliphatic carbocycles. The number of nitrogens with one attached hydrogen (secondary N) is 1. The van der Waals surface area contributed by atoms with Crippen molar-refractivity contribution in [3.8, 4) is 11.4 Å². The number of carbonyl (C=O) groups is 1. The Bertz CT molecular complexity index is 1090. The largest absolute Gasteiger partial charge is 0.325 e. The van der Waals surface area contributed by atoms with Crippen molar-refractivity contribution in [3.05, 3.63) is 67.7 Å². The van der Waals surface area contributed by atoms with Crippen LogP contribution in [0.5, 0.6) is 0 Å². The van der Waals surface area contributed by atoms with Crippen LogP contribution >= 0.6 is 57.6 Å². The second-order valence-electron chi connectivity index (χ2n) is 6.58. The van der Waals surface area contributed by atoms with Crippen LogP contribution in [0, 0.1) is 17.4 Å². The summed E-state index contributed by atoms with van der Waals surface area (Å²) in [6, 6.07) is 9.30. The highest BCUT2D eigenvalue weighted by molar-refractivity contribution is 14.1. The molecule has 0 aliphatic rings. The summed E-state index contributed by atoms with van der Waals surface area (Å²) < 4.78 is 3.02. The fourth-order valence-electron chi connectivity index (χ4n) is 2.97. The molecule has 1 heterocycles. The molecule has 0 bridgehead atoms. The summed E-state index contributed by atoms with van der Waals surface area (Å²) in [5.74, 6) is 0.699. The Morgan fingerprint density at radius 3 is 2.57 bits per heavy atom. The molecule has 3 rings (SSSR count). The summed E-state index contributed by atoms with van der Waals surface area (Å²) in [6.07, 6.45) is 1.75. The predicted octanol–water partition coefficient (Wildman–Crippen LogP) is 6.39. The van der Waals surface area contributed by atoms with E-state index in [9.17, 15) is 4.79 Å². The SMILES string of the molecule is C=CCn1c(SCC(=O)Nc2c(C)cc(I)cc2C)nnc1-c1ccc(Cl)cc1Cl. The van der Waals surface area contributed by atoms with Crippen LogP contribution in [0.25, 0.3) is 11.4 Å². The molecule has 0 radical (unpaired) electrons. The lowest BCUT2D eigenvalue weighted by atomic mass is 10.1. The zero-order valence-corrected chi connectivity index (χ0v) is 20.9. The van der Waals surface area contributed by atoms with Crippen LogP contribution in [0.4, 0.5) is 5.69 Å². The van der Waals surface area contributed by atoms with Crippen LogP contribution in [0.3, 0.4) is 0 Å². The molecule has 9 heteroatoms. The highest BCUT2D eigenvalue weighted by atomic mass is 127. The molecule has 1 amide bonds. The lowest BCUT2D eigenvalue weighted by Gasteiger charge is -2.12. The van der Waals surface area contributed by atoms with Gasteiger partial charge in [0.15, 0.2) is 11.0 Å². The maximum atomic E-state index is 12.6. The van der Waals surface area contributed by atoms with Gasteiger partial charge in [0, 0.05) is 26.4 Å². The van der Waals surface area contributed by atoms with Crippen molar-refractivity contribution < 1.29 is 4.79 Å². The number of aromatic nitrogens is 3. The minimum atomic E-state index is -0.105. The summed E-state index contributed by atoms with van der Waals surface area (Å²) in [5.41, 5.74) is 3.64. The van der Waals surface area contributed by atoms with Crippen LogP contribution in [0.1, 0.15) is 11.1 Å². The van der Waals surface area contributed by atoms with Crippen molar-refractivity contribution in [2.24, 2.45) is 0 Å². The van der Waals surface area contributed by atoms with Gasteiger partial charge < -0.3 is 5.32 Å². The number of rotatable bonds is 7. The van der Waals surface area contributed by atoms with Crippen molar-refractivity contribution >= 4 is 69.1 Å². The van der Waals surface area contributed by atoms with Gasteiger partial charge in [-0.25, -0.2) is 0 Å². The van der Waals surface area contributed by atoms with E-state index >= 15 is 0 Å². The van der Waals surface area contributed by atoms with Crippen molar-refractivity contribution in [2.75, 3.05) is 11.1 Å². The number of aryl methyl sites for hydroxylation is 2. The number of anilines is 1. The van der Waals surface area contributed by atoms with Crippen molar-refractivity contribution in [1.29, 1.82) is 0 Å². The van der Waals surface area contributed by atoms with Gasteiger partial charge in [0.25, 0.3) is 0 Å². The van der Waals surface area contributed by atoms with Crippen molar-refractivity contribution in [3.63, 3.8) is 0 Å². The van der Waals surface area contributed by atoms with Gasteiger partial charge in [0.2, 0.25) is 5.91 Å². The summed E-state index contributed by atoms with van der Waals surface area (Å²) in [7, 11) is 0. The Hall–Kier alpha value is -1.55. The lowest BCUT2D eigenvalue weighted by Crippen LogP contribution is -2.16. The molecule has 0 unspecified atom stereocenters. The van der Waals surface area contributed by atoms with Gasteiger partial charge in [-0.15, -0.1) is 16.8 Å². The Labute approximate surface area is 203 Å². The third kappa shape index (κ3) is 5.38. The summed E-state index contributed by atoms with van der Waals surface area (Å²) in [5, 5.41) is 13.2. The maximum Gasteiger partial charge on any atom is 0.234 e. The quantitative estimate of drug-likeness (QED) is 0.202. The number of allylic oxidation sites excluding steroid dienone is 1. The Morgan fingerprint density at radius 1 is 1.23 bits per heavy atom. The summed E-state index contributed by atoms with van der Waals surface area (Å²) in [6.45, 7) is 8.27. The fourth-order valence-corrected chi connectivity index (χ4v) is 5.15. The Morgan fingerprint density at radius 2 is 1.93 bits per heavy atom. The first-order valence-electron chi connectivity index (χ1n) is 8.99. The first kappa shape index (κ1) is 23.1. The lowest BCUT2D eigenvalue weighted by molar-refractivity contribution is -0.113. The van der Waals surface area contributed by atoms with E-state index in [1.54, 1.807) is 24.3 Å². The molecule has 0 saturated heterocycles. The number of hydrogen-bond acceptors (Lipinski definition) is 4. The topological polar surface area (TPSA) is 59.8 Å². The summed E-state index contributed by atoms with van der Waals surface area (Å²) in [4.78, 5) is 12.6. The number of thioether (sulfide) groups is 1. The minimum Gasteiger partial charge on any atom is -0.325 e. The zero-order chi connectivity index (χ0) is 21.8. The standard InChI is InChI=1S/C21H19Cl2IN4OS/c1-4-7-28-20(16-6-5-14(22)10-17(16)23)26-27-21(28)30-11-18(29)25-19-12(2)8-15(24)9-13(19)3/h4-6,8-10H,1,7,11H2,2-3H3,(H,25,29). The average Bonchev–Trinajstić information content (AvgIpc) is 3.06. The minimum absolute atomic E-state index is 0.105. The fraction of sp³-hybridized carbons (Fsp3) is 0.190. The second kappa shape index (κ2) is 10.2. The van der Waals surface area contributed by atoms with E-state index in [2.05, 4.69) is 44.7 Å². The molecule has 0 saturated carbocycles. The van der Waals surface area contributed by atoms with E-state index in [4.69, 9.17) is 23.2 Å². The number of halogens is 3. The third-order valence-corrected chi connectivity index (χ3v) is 6.43. The molecule has 1 N–H and O–H groups in total. The van der Waals surface area contributed by atoms with Crippen LogP contribution in [-0.4, -0.2) is 26.4 Å². The third-order valence-electron chi connectivity index (χ3n) is 4.29. The van der Waals surface area contributed by atoms with Gasteiger partial charge in [-0.3, -0.25) is 9.36 Å². The number of benzene rings is 2. The molecule has 0 fully saturated rings. The molecule has 30 heavy (non-hydrogen) atoms. The van der Waals surface area contributed by atoms with Gasteiger partial charge in [-0.05, 0) is 77.9 Å². The van der Waals surface area contributed by atoms with Gasteiger partial charge in [-0.2, -0.15) is 0 Å². The van der Waals surface area contributed by atoms with E-state index in [0.29, 0.717) is 27.6 Å².